The molecule has 0 unspecified atom stereocenters. The number of hydrogen-bond donors (Lipinski definition) is 0. The van der Waals surface area contributed by atoms with E-state index in [1.54, 1.807) is 54.6 Å². The van der Waals surface area contributed by atoms with E-state index in [1.807, 2.05) is 18.2 Å². The molecule has 2 aliphatic heterocycles. The number of carbonyl (C=O) groups excluding carboxylic acids is 1. The Morgan fingerprint density at radius 3 is 2.30 bits per heavy atom. The molecule has 2 saturated heterocycles. The number of hydrogen-bond acceptors (Lipinski definition) is 6. The topological polar surface area (TPSA) is 81.5 Å². The summed E-state index contributed by atoms with van der Waals surface area (Å²) >= 11 is 0. The number of ketones is 1. The molecule has 0 radical (unpaired) electrons. The Kier molecular flexibility index (Phi) is 9.44. The van der Waals surface area contributed by atoms with Crippen LogP contribution in [0.1, 0.15) is 44.1 Å². The summed E-state index contributed by atoms with van der Waals surface area (Å²) in [6.07, 6.45) is 6.25. The quantitative estimate of drug-likeness (QED) is 0.214. The van der Waals surface area contributed by atoms with Crippen LogP contribution in [-0.2, 0) is 20.0 Å². The van der Waals surface area contributed by atoms with Gasteiger partial charge in [-0.1, -0.05) is 43.3 Å². The molecule has 3 fully saturated rings. The highest BCUT2D eigenvalue weighted by Gasteiger charge is 2.52. The first-order chi connectivity index (χ1) is 22.2. The maximum absolute atomic E-state index is 14.6. The molecule has 6 rings (SSSR count). The fourth-order valence-corrected chi connectivity index (χ4v) is 9.65. The van der Waals surface area contributed by atoms with Crippen molar-refractivity contribution in [3.05, 3.63) is 103 Å². The van der Waals surface area contributed by atoms with Crippen LogP contribution in [0.5, 0.6) is 0 Å². The molecular formula is C38H42FN3O3S. The molecular weight excluding hydrogens is 598 g/mol. The van der Waals surface area contributed by atoms with E-state index in [4.69, 9.17) is 0 Å². The van der Waals surface area contributed by atoms with Gasteiger partial charge in [-0.15, -0.1) is 0 Å². The first-order valence-corrected chi connectivity index (χ1v) is 17.9. The molecule has 2 heterocycles. The monoisotopic (exact) mass is 639 g/mol. The summed E-state index contributed by atoms with van der Waals surface area (Å²) in [6.45, 7) is 8.23. The SMILES string of the molecule is C=CC(=O)C[C@H]1CCC[C@@H]1[C@](C#N)(c1cccc(F)c1)C1CCN(CC2CN(c3ccc(S(=O)(=O)c4ccccc4)cc3)C2)CC1. The van der Waals surface area contributed by atoms with Crippen molar-refractivity contribution in [1.29, 1.82) is 5.26 Å². The smallest absolute Gasteiger partial charge is 0.206 e. The highest BCUT2D eigenvalue weighted by Crippen LogP contribution is 2.53. The van der Waals surface area contributed by atoms with Gasteiger partial charge in [0, 0.05) is 37.7 Å². The highest BCUT2D eigenvalue weighted by atomic mass is 32.2. The molecule has 240 valence electrons. The van der Waals surface area contributed by atoms with Crippen molar-refractivity contribution in [1.82, 2.24) is 4.90 Å². The molecule has 0 amide bonds. The van der Waals surface area contributed by atoms with Gasteiger partial charge >= 0.3 is 0 Å². The third-order valence-corrected chi connectivity index (χ3v) is 12.5. The molecule has 0 aromatic heterocycles. The van der Waals surface area contributed by atoms with Crippen LogP contribution >= 0.6 is 0 Å². The average molecular weight is 640 g/mol. The van der Waals surface area contributed by atoms with Gasteiger partial charge in [-0.05, 0) is 117 Å². The maximum Gasteiger partial charge on any atom is 0.206 e. The number of benzene rings is 3. The lowest BCUT2D eigenvalue weighted by Gasteiger charge is -2.48. The summed E-state index contributed by atoms with van der Waals surface area (Å²) in [6, 6.07) is 25.0. The Hall–Kier alpha value is -3.80. The number of anilines is 1. The summed E-state index contributed by atoms with van der Waals surface area (Å²) in [5.74, 6) is 0.392. The van der Waals surface area contributed by atoms with Crippen LogP contribution in [0.3, 0.4) is 0 Å². The first-order valence-electron chi connectivity index (χ1n) is 16.4. The van der Waals surface area contributed by atoms with E-state index in [1.165, 1.54) is 12.1 Å². The summed E-state index contributed by atoms with van der Waals surface area (Å²) in [5.41, 5.74) is 0.954. The van der Waals surface area contributed by atoms with Crippen molar-refractivity contribution >= 4 is 21.3 Å². The van der Waals surface area contributed by atoms with Gasteiger partial charge in [0.1, 0.15) is 5.82 Å². The zero-order chi connectivity index (χ0) is 32.3. The number of sulfone groups is 1. The standard InChI is InChI=1S/C38H42FN3O3S/c1-2-34(43)22-29-8-6-13-37(29)38(27-40,31-9-7-10-32(39)23-31)30-18-20-41(21-19-30)24-28-25-42(26-28)33-14-16-36(17-15-33)46(44,45)35-11-4-3-5-12-35/h2-5,7,9-12,14-17,23,28-30,37H,1,6,8,13,18-22,24-26H2/t29-,37+,38+/m1/s1. The van der Waals surface area contributed by atoms with Gasteiger partial charge in [0.2, 0.25) is 9.84 Å². The van der Waals surface area contributed by atoms with E-state index >= 15 is 0 Å². The van der Waals surface area contributed by atoms with Gasteiger partial charge in [0.05, 0.1) is 21.3 Å². The van der Waals surface area contributed by atoms with Crippen molar-refractivity contribution in [2.24, 2.45) is 23.7 Å². The van der Waals surface area contributed by atoms with Crippen LogP contribution in [0, 0.1) is 40.8 Å². The summed E-state index contributed by atoms with van der Waals surface area (Å²) in [7, 11) is -3.54. The molecule has 0 N–H and O–H groups in total. The van der Waals surface area contributed by atoms with Crippen LogP contribution in [0.25, 0.3) is 0 Å². The normalized spacial score (nSPS) is 22.5. The van der Waals surface area contributed by atoms with E-state index in [0.29, 0.717) is 22.1 Å². The number of carbonyl (C=O) groups is 1. The number of piperidine rings is 1. The number of likely N-dealkylation sites (tertiary alicyclic amines) is 1. The lowest BCUT2D eigenvalue weighted by Crippen LogP contribution is -2.54. The Morgan fingerprint density at radius 1 is 0.957 bits per heavy atom. The largest absolute Gasteiger partial charge is 0.371 e. The van der Waals surface area contributed by atoms with Crippen LogP contribution in [-0.4, -0.2) is 51.8 Å². The molecule has 46 heavy (non-hydrogen) atoms. The van der Waals surface area contributed by atoms with Gasteiger partial charge in [0.25, 0.3) is 0 Å². The molecule has 3 aromatic rings. The molecule has 3 aliphatic rings. The van der Waals surface area contributed by atoms with Crippen LogP contribution < -0.4 is 4.90 Å². The highest BCUT2D eigenvalue weighted by molar-refractivity contribution is 7.91. The van der Waals surface area contributed by atoms with E-state index in [-0.39, 0.29) is 29.4 Å². The van der Waals surface area contributed by atoms with Crippen LogP contribution in [0.2, 0.25) is 0 Å². The summed E-state index contributed by atoms with van der Waals surface area (Å²) in [5, 5.41) is 10.9. The average Bonchev–Trinajstić information content (AvgIpc) is 3.52. The second kappa shape index (κ2) is 13.5. The lowest BCUT2D eigenvalue weighted by atomic mass is 9.57. The van der Waals surface area contributed by atoms with Gasteiger partial charge in [-0.25, -0.2) is 12.8 Å². The minimum atomic E-state index is -3.54. The number of nitrogens with zero attached hydrogens (tertiary/aromatic N) is 3. The van der Waals surface area contributed by atoms with Crippen molar-refractivity contribution in [2.75, 3.05) is 37.6 Å². The molecule has 3 aromatic carbocycles. The van der Waals surface area contributed by atoms with Crippen molar-refractivity contribution < 1.29 is 17.6 Å². The van der Waals surface area contributed by atoms with E-state index in [9.17, 15) is 22.9 Å². The molecule has 0 bridgehead atoms. The zero-order valence-corrected chi connectivity index (χ0v) is 27.0. The van der Waals surface area contributed by atoms with Crippen molar-refractivity contribution in [3.8, 4) is 6.07 Å². The van der Waals surface area contributed by atoms with Crippen LogP contribution in [0.4, 0.5) is 10.1 Å². The third kappa shape index (κ3) is 6.28. The molecule has 8 heteroatoms. The molecule has 6 nitrogen and oxygen atoms in total. The Labute approximate surface area is 272 Å². The first kappa shape index (κ1) is 32.2. The van der Waals surface area contributed by atoms with Gasteiger partial charge < -0.3 is 9.80 Å². The van der Waals surface area contributed by atoms with Gasteiger partial charge in [-0.3, -0.25) is 4.79 Å². The van der Waals surface area contributed by atoms with Crippen LogP contribution in [0.15, 0.2) is 101 Å². The van der Waals surface area contributed by atoms with Gasteiger partial charge in [0.15, 0.2) is 5.78 Å². The van der Waals surface area contributed by atoms with E-state index < -0.39 is 15.3 Å². The fourth-order valence-electron chi connectivity index (χ4n) is 8.36. The van der Waals surface area contributed by atoms with Gasteiger partial charge in [-0.2, -0.15) is 5.26 Å². The summed E-state index contributed by atoms with van der Waals surface area (Å²) in [4.78, 5) is 17.8. The predicted octanol–water partition coefficient (Wildman–Crippen LogP) is 6.83. The van der Waals surface area contributed by atoms with Crippen molar-refractivity contribution in [3.63, 3.8) is 0 Å². The number of allylic oxidation sites excluding steroid dienone is 1. The van der Waals surface area contributed by atoms with E-state index in [0.717, 1.165) is 76.1 Å². The molecule has 1 aliphatic carbocycles. The lowest BCUT2D eigenvalue weighted by molar-refractivity contribution is -0.115. The molecule has 1 saturated carbocycles. The fraction of sp³-hybridized carbons (Fsp3) is 0.421. The summed E-state index contributed by atoms with van der Waals surface area (Å²) < 4.78 is 40.5. The number of rotatable bonds is 11. The Bertz CT molecular complexity index is 1690. The maximum atomic E-state index is 14.6. The predicted molar refractivity (Wildman–Crippen MR) is 178 cm³/mol. The second-order valence-electron chi connectivity index (χ2n) is 13.3. The molecule has 3 atom stereocenters. The zero-order valence-electron chi connectivity index (χ0n) is 26.2. The molecule has 0 spiro atoms. The van der Waals surface area contributed by atoms with E-state index in [2.05, 4.69) is 22.4 Å². The Morgan fingerprint density at radius 2 is 1.65 bits per heavy atom. The minimum Gasteiger partial charge on any atom is -0.371 e. The third-order valence-electron chi connectivity index (χ3n) is 10.7. The Balaban J connectivity index is 1.08. The number of nitriles is 1. The number of halogens is 1. The van der Waals surface area contributed by atoms with Crippen molar-refractivity contribution in [2.45, 2.75) is 53.7 Å². The second-order valence-corrected chi connectivity index (χ2v) is 15.3. The minimum absolute atomic E-state index is 0.00834.